The van der Waals surface area contributed by atoms with Gasteiger partial charge in [-0.15, -0.1) is 0 Å². The summed E-state index contributed by atoms with van der Waals surface area (Å²) in [6.07, 6.45) is -4.53. The molecule has 0 spiro atoms. The lowest BCUT2D eigenvalue weighted by Crippen LogP contribution is -2.19. The van der Waals surface area contributed by atoms with Crippen molar-refractivity contribution in [1.82, 2.24) is 4.98 Å². The first kappa shape index (κ1) is 15.9. The smallest absolute Gasteiger partial charge is 0.245 e. The summed E-state index contributed by atoms with van der Waals surface area (Å²) in [6.45, 7) is 8.83. The highest BCUT2D eigenvalue weighted by Crippen LogP contribution is 2.31. The molecule has 1 heterocycles. The molecular formula is C12H17F4N. The average molecular weight is 251 g/mol. The molecule has 0 aliphatic carbocycles. The van der Waals surface area contributed by atoms with Crippen LogP contribution in [0.5, 0.6) is 0 Å². The van der Waals surface area contributed by atoms with Crippen LogP contribution >= 0.6 is 0 Å². The van der Waals surface area contributed by atoms with Gasteiger partial charge >= 0.3 is 6.18 Å². The molecule has 1 aromatic heterocycles. The largest absolute Gasteiger partial charge is 0.433 e. The van der Waals surface area contributed by atoms with Crippen molar-refractivity contribution in [3.63, 3.8) is 0 Å². The molecule has 0 N–H and O–H groups in total. The van der Waals surface area contributed by atoms with Crippen LogP contribution in [0.4, 0.5) is 17.6 Å². The molecule has 17 heavy (non-hydrogen) atoms. The second-order valence-corrected chi connectivity index (χ2v) is 4.27. The van der Waals surface area contributed by atoms with Crippen LogP contribution < -0.4 is 0 Å². The number of halogens is 4. The van der Waals surface area contributed by atoms with E-state index in [1.54, 1.807) is 20.8 Å². The van der Waals surface area contributed by atoms with E-state index in [-0.39, 0.29) is 5.69 Å². The Kier molecular flexibility index (Phi) is 5.11. The van der Waals surface area contributed by atoms with Gasteiger partial charge in [0.2, 0.25) is 0 Å². The van der Waals surface area contributed by atoms with Gasteiger partial charge in [0.15, 0.2) is 0 Å². The fourth-order valence-electron chi connectivity index (χ4n) is 1.13. The van der Waals surface area contributed by atoms with Gasteiger partial charge in [-0.2, -0.15) is 13.2 Å². The number of pyridine rings is 1. The lowest BCUT2D eigenvalue weighted by molar-refractivity contribution is -0.141. The summed E-state index contributed by atoms with van der Waals surface area (Å²) in [5.41, 5.74) is -1.98. The van der Waals surface area contributed by atoms with Gasteiger partial charge < -0.3 is 0 Å². The third kappa shape index (κ3) is 4.32. The van der Waals surface area contributed by atoms with Gasteiger partial charge in [-0.1, -0.05) is 34.6 Å². The zero-order chi connectivity index (χ0) is 13.9. The van der Waals surface area contributed by atoms with Crippen molar-refractivity contribution < 1.29 is 17.6 Å². The minimum absolute atomic E-state index is 0.169. The van der Waals surface area contributed by atoms with E-state index in [9.17, 15) is 17.6 Å². The van der Waals surface area contributed by atoms with E-state index in [1.165, 1.54) is 0 Å². The molecule has 0 aliphatic heterocycles. The van der Waals surface area contributed by atoms with Crippen molar-refractivity contribution in [3.8, 4) is 0 Å². The van der Waals surface area contributed by atoms with Crippen molar-refractivity contribution in [2.24, 2.45) is 0 Å². The van der Waals surface area contributed by atoms with Crippen LogP contribution in [0.15, 0.2) is 12.1 Å². The van der Waals surface area contributed by atoms with Gasteiger partial charge in [-0.3, -0.25) is 0 Å². The molecule has 0 unspecified atom stereocenters. The minimum Gasteiger partial charge on any atom is -0.245 e. The summed E-state index contributed by atoms with van der Waals surface area (Å²) in [5, 5.41) is 0. The van der Waals surface area contributed by atoms with Crippen molar-refractivity contribution in [2.75, 3.05) is 0 Å². The third-order valence-corrected chi connectivity index (χ3v) is 1.85. The number of aromatic nitrogens is 1. The van der Waals surface area contributed by atoms with E-state index in [1.807, 2.05) is 13.8 Å². The monoisotopic (exact) mass is 251 g/mol. The number of rotatable bonds is 0. The first-order valence-electron chi connectivity index (χ1n) is 5.36. The molecule has 0 saturated heterocycles. The molecule has 1 rings (SSSR count). The summed E-state index contributed by atoms with van der Waals surface area (Å²) in [6, 6.07) is 1.45. The molecule has 0 atom stereocenters. The number of nitrogens with zero attached hydrogens (tertiary/aromatic N) is 1. The van der Waals surface area contributed by atoms with Gasteiger partial charge in [0, 0.05) is 5.41 Å². The Morgan fingerprint density at radius 1 is 1.00 bits per heavy atom. The Morgan fingerprint density at radius 3 is 1.82 bits per heavy atom. The Labute approximate surface area is 98.9 Å². The number of hydrogen-bond acceptors (Lipinski definition) is 1. The van der Waals surface area contributed by atoms with Crippen molar-refractivity contribution in [1.29, 1.82) is 0 Å². The highest BCUT2D eigenvalue weighted by molar-refractivity contribution is 5.21. The topological polar surface area (TPSA) is 12.9 Å². The highest BCUT2D eigenvalue weighted by Gasteiger charge is 2.34. The molecule has 0 saturated carbocycles. The summed E-state index contributed by atoms with van der Waals surface area (Å²) < 4.78 is 50.1. The van der Waals surface area contributed by atoms with E-state index < -0.39 is 23.1 Å². The number of hydrogen-bond donors (Lipinski definition) is 0. The molecule has 0 amide bonds. The zero-order valence-electron chi connectivity index (χ0n) is 10.6. The fraction of sp³-hybridized carbons (Fsp3) is 0.583. The third-order valence-electron chi connectivity index (χ3n) is 1.85. The van der Waals surface area contributed by atoms with Crippen LogP contribution in [-0.2, 0) is 11.6 Å². The Balaban J connectivity index is 0.00000121. The van der Waals surface area contributed by atoms with E-state index >= 15 is 0 Å². The van der Waals surface area contributed by atoms with Gasteiger partial charge in [-0.25, -0.2) is 9.37 Å². The van der Waals surface area contributed by atoms with Crippen molar-refractivity contribution in [2.45, 2.75) is 46.2 Å². The molecule has 98 valence electrons. The predicted molar refractivity (Wildman–Crippen MR) is 59.2 cm³/mol. The molecule has 5 heteroatoms. The molecular weight excluding hydrogens is 234 g/mol. The fourth-order valence-corrected chi connectivity index (χ4v) is 1.13. The second-order valence-electron chi connectivity index (χ2n) is 4.27. The van der Waals surface area contributed by atoms with E-state index in [0.29, 0.717) is 6.07 Å². The van der Waals surface area contributed by atoms with Crippen LogP contribution in [-0.4, -0.2) is 4.98 Å². The molecule has 0 aromatic carbocycles. The van der Waals surface area contributed by atoms with Crippen molar-refractivity contribution >= 4 is 0 Å². The Bertz CT molecular complexity index is 364. The highest BCUT2D eigenvalue weighted by atomic mass is 19.4. The summed E-state index contributed by atoms with van der Waals surface area (Å²) in [4.78, 5) is 3.31. The van der Waals surface area contributed by atoms with Crippen LogP contribution in [0.3, 0.4) is 0 Å². The van der Waals surface area contributed by atoms with Crippen LogP contribution in [0.1, 0.15) is 46.0 Å². The lowest BCUT2D eigenvalue weighted by atomic mass is 9.91. The van der Waals surface area contributed by atoms with E-state index in [2.05, 4.69) is 4.98 Å². The molecule has 0 radical (unpaired) electrons. The summed E-state index contributed by atoms with van der Waals surface area (Å²) >= 11 is 0. The SMILES string of the molecule is CC.CC(C)(C)c1nc(C(F)(F)F)ccc1F. The first-order chi connectivity index (χ1) is 7.62. The molecule has 1 nitrogen and oxygen atoms in total. The minimum atomic E-state index is -4.53. The van der Waals surface area contributed by atoms with Gasteiger partial charge in [0.05, 0.1) is 5.69 Å². The predicted octanol–water partition coefficient (Wildman–Crippen LogP) is 4.56. The van der Waals surface area contributed by atoms with Crippen LogP contribution in [0.2, 0.25) is 0 Å². The first-order valence-corrected chi connectivity index (χ1v) is 5.36. The maximum atomic E-state index is 13.2. The molecule has 1 aromatic rings. The summed E-state index contributed by atoms with van der Waals surface area (Å²) in [5.74, 6) is -0.712. The van der Waals surface area contributed by atoms with Crippen LogP contribution in [0.25, 0.3) is 0 Å². The maximum absolute atomic E-state index is 13.2. The van der Waals surface area contributed by atoms with Crippen LogP contribution in [0, 0.1) is 5.82 Å². The normalized spacial score (nSPS) is 11.8. The lowest BCUT2D eigenvalue weighted by Gasteiger charge is -2.19. The van der Waals surface area contributed by atoms with E-state index in [4.69, 9.17) is 0 Å². The average Bonchev–Trinajstić information content (AvgIpc) is 2.17. The summed E-state index contributed by atoms with van der Waals surface area (Å²) in [7, 11) is 0. The molecule has 0 aliphatic rings. The second kappa shape index (κ2) is 5.47. The molecule has 0 bridgehead atoms. The van der Waals surface area contributed by atoms with Gasteiger partial charge in [-0.05, 0) is 12.1 Å². The van der Waals surface area contributed by atoms with Crippen molar-refractivity contribution in [3.05, 3.63) is 29.3 Å². The Morgan fingerprint density at radius 2 is 1.47 bits per heavy atom. The Hall–Kier alpha value is -1.13. The molecule has 0 fully saturated rings. The standard InChI is InChI=1S/C10H11F4N.C2H6/c1-9(2,3)8-6(11)4-5-7(15-8)10(12,13)14;1-2/h4-5H,1-3H3;1-2H3. The van der Waals surface area contributed by atoms with E-state index in [0.717, 1.165) is 6.07 Å². The maximum Gasteiger partial charge on any atom is 0.433 e. The quantitative estimate of drug-likeness (QED) is 0.616. The van der Waals surface area contributed by atoms with Gasteiger partial charge in [0.1, 0.15) is 11.5 Å². The van der Waals surface area contributed by atoms with Gasteiger partial charge in [0.25, 0.3) is 0 Å². The zero-order valence-corrected chi connectivity index (χ0v) is 10.6. The number of alkyl halides is 3.